The van der Waals surface area contributed by atoms with Gasteiger partial charge in [0.1, 0.15) is 21.6 Å². The second kappa shape index (κ2) is 12.5. The van der Waals surface area contributed by atoms with Crippen LogP contribution in [0.2, 0.25) is 0 Å². The predicted molar refractivity (Wildman–Crippen MR) is 131 cm³/mol. The molecule has 2 aromatic rings. The Morgan fingerprint density at radius 1 is 1.08 bits per heavy atom. The average molecular weight is 613 g/mol. The summed E-state index contributed by atoms with van der Waals surface area (Å²) in [6.45, 7) is 2.17. The Labute approximate surface area is 246 Å². The SMILES string of the molecule is COc1cc(S(=O)(=O)CCOS(=O)(=O)O)c(C)cc1N=NC1C(=O)N(c2ccc(S(=O)(=O)[O-])cc2)N=C1C.[Na+]. The van der Waals surface area contributed by atoms with Crippen LogP contribution in [0.25, 0.3) is 0 Å². The first-order valence-electron chi connectivity index (χ1n) is 10.4. The number of nitrogens with zero attached hydrogens (tertiary/aromatic N) is 4. The molecule has 0 fully saturated rings. The third kappa shape index (κ3) is 8.12. The minimum atomic E-state index is -4.81. The number of azo groups is 1. The Kier molecular flexibility index (Phi) is 10.5. The van der Waals surface area contributed by atoms with Crippen molar-refractivity contribution in [3.63, 3.8) is 0 Å². The molecule has 0 aromatic heterocycles. The minimum absolute atomic E-state index is 0. The fourth-order valence-electron chi connectivity index (χ4n) is 3.34. The number of ether oxygens (including phenoxy) is 1. The summed E-state index contributed by atoms with van der Waals surface area (Å²) in [5.74, 6) is -1.38. The van der Waals surface area contributed by atoms with Crippen molar-refractivity contribution in [3.8, 4) is 5.75 Å². The van der Waals surface area contributed by atoms with Gasteiger partial charge in [-0.3, -0.25) is 9.35 Å². The van der Waals surface area contributed by atoms with Crippen LogP contribution in [0.3, 0.4) is 0 Å². The van der Waals surface area contributed by atoms with E-state index in [2.05, 4.69) is 19.5 Å². The molecule has 1 unspecified atom stereocenters. The summed E-state index contributed by atoms with van der Waals surface area (Å²) in [5, 5.41) is 13.1. The van der Waals surface area contributed by atoms with Crippen LogP contribution in [-0.4, -0.2) is 71.5 Å². The number of sulfone groups is 1. The van der Waals surface area contributed by atoms with Gasteiger partial charge in [0.25, 0.3) is 5.91 Å². The number of anilines is 1. The maximum absolute atomic E-state index is 12.9. The van der Waals surface area contributed by atoms with E-state index in [1.54, 1.807) is 0 Å². The molecule has 0 bridgehead atoms. The zero-order valence-electron chi connectivity index (χ0n) is 21.0. The molecule has 1 aliphatic heterocycles. The summed E-state index contributed by atoms with van der Waals surface area (Å²) < 4.78 is 97.9. The van der Waals surface area contributed by atoms with Crippen molar-refractivity contribution in [3.05, 3.63) is 42.0 Å². The van der Waals surface area contributed by atoms with Crippen molar-refractivity contribution in [1.82, 2.24) is 0 Å². The van der Waals surface area contributed by atoms with Crippen LogP contribution in [0.1, 0.15) is 12.5 Å². The van der Waals surface area contributed by atoms with Crippen molar-refractivity contribution in [2.24, 2.45) is 15.3 Å². The quantitative estimate of drug-likeness (QED) is 0.182. The molecule has 1 heterocycles. The Hall–Kier alpha value is -2.29. The number of hydrogen-bond acceptors (Lipinski definition) is 13. The molecule has 0 spiro atoms. The van der Waals surface area contributed by atoms with Gasteiger partial charge in [-0.1, -0.05) is 0 Å². The minimum Gasteiger partial charge on any atom is -0.744 e. The van der Waals surface area contributed by atoms with Crippen molar-refractivity contribution in [1.29, 1.82) is 0 Å². The first-order chi connectivity index (χ1) is 17.5. The van der Waals surface area contributed by atoms with Crippen molar-refractivity contribution in [2.45, 2.75) is 29.7 Å². The van der Waals surface area contributed by atoms with Crippen LogP contribution in [0.5, 0.6) is 5.75 Å². The van der Waals surface area contributed by atoms with Crippen LogP contribution < -0.4 is 39.3 Å². The molecule has 1 amide bonds. The number of carbonyl (C=O) groups excluding carboxylic acids is 1. The fraction of sp³-hybridized carbons (Fsp3) is 0.300. The fourth-order valence-corrected chi connectivity index (χ4v) is 5.57. The van der Waals surface area contributed by atoms with E-state index in [1.807, 2.05) is 0 Å². The number of amides is 1. The maximum atomic E-state index is 12.9. The van der Waals surface area contributed by atoms with Gasteiger partial charge >= 0.3 is 40.0 Å². The summed E-state index contributed by atoms with van der Waals surface area (Å²) in [6.07, 6.45) is 0. The van der Waals surface area contributed by atoms with Gasteiger partial charge in [-0.25, -0.2) is 21.0 Å². The van der Waals surface area contributed by atoms with E-state index in [0.29, 0.717) is 0 Å². The number of aryl methyl sites for hydroxylation is 1. The number of carbonyl (C=O) groups is 1. The molecular formula is C20H21N4NaO11S3. The Bertz CT molecular complexity index is 1640. The molecule has 0 saturated carbocycles. The van der Waals surface area contributed by atoms with Gasteiger partial charge in [0.2, 0.25) is 0 Å². The van der Waals surface area contributed by atoms with Gasteiger partial charge in [0.15, 0.2) is 15.9 Å². The first kappa shape index (κ1) is 32.9. The van der Waals surface area contributed by atoms with E-state index in [4.69, 9.17) is 9.29 Å². The van der Waals surface area contributed by atoms with Crippen molar-refractivity contribution >= 4 is 53.3 Å². The normalized spacial score (nSPS) is 16.3. The summed E-state index contributed by atoms with van der Waals surface area (Å²) in [6, 6.07) is 5.92. The van der Waals surface area contributed by atoms with Crippen LogP contribution in [0.15, 0.2) is 61.5 Å². The number of hydrazone groups is 1. The number of methoxy groups -OCH3 is 1. The smallest absolute Gasteiger partial charge is 0.744 e. The summed E-state index contributed by atoms with van der Waals surface area (Å²) >= 11 is 0. The third-order valence-corrected chi connectivity index (χ3v) is 8.27. The molecule has 3 rings (SSSR count). The van der Waals surface area contributed by atoms with Gasteiger partial charge in [-0.2, -0.15) is 28.8 Å². The Morgan fingerprint density at radius 3 is 2.23 bits per heavy atom. The molecule has 206 valence electrons. The topological polar surface area (TPSA) is 222 Å². The second-order valence-electron chi connectivity index (χ2n) is 7.82. The molecule has 1 atom stereocenters. The van der Waals surface area contributed by atoms with Crippen LogP contribution in [0.4, 0.5) is 11.4 Å². The molecular weight excluding hydrogens is 591 g/mol. The first-order valence-corrected chi connectivity index (χ1v) is 14.8. The molecule has 0 radical (unpaired) electrons. The molecule has 1 aliphatic rings. The Balaban J connectivity index is 0.00000533. The summed E-state index contributed by atoms with van der Waals surface area (Å²) in [5.41, 5.74) is 0.750. The molecule has 19 heteroatoms. The van der Waals surface area contributed by atoms with Gasteiger partial charge in [0.05, 0.1) is 40.7 Å². The molecule has 2 aromatic carbocycles. The van der Waals surface area contributed by atoms with E-state index >= 15 is 0 Å². The molecule has 1 N–H and O–H groups in total. The number of benzene rings is 2. The maximum Gasteiger partial charge on any atom is 1.00 e. The van der Waals surface area contributed by atoms with Gasteiger partial charge in [-0.05, 0) is 49.7 Å². The van der Waals surface area contributed by atoms with Crippen LogP contribution in [-0.2, 0) is 39.3 Å². The molecule has 0 saturated heterocycles. The summed E-state index contributed by atoms with van der Waals surface area (Å²) in [4.78, 5) is 12.2. The molecule has 0 aliphatic carbocycles. The van der Waals surface area contributed by atoms with E-state index < -0.39 is 59.6 Å². The van der Waals surface area contributed by atoms with Crippen molar-refractivity contribution in [2.75, 3.05) is 24.5 Å². The van der Waals surface area contributed by atoms with Gasteiger partial charge < -0.3 is 9.29 Å². The number of rotatable bonds is 10. The zero-order chi connectivity index (χ0) is 28.5. The predicted octanol–water partition coefficient (Wildman–Crippen LogP) is -1.62. The second-order valence-corrected chi connectivity index (χ2v) is 12.4. The third-order valence-electron chi connectivity index (χ3n) is 5.14. The number of hydrogen-bond donors (Lipinski definition) is 1. The largest absolute Gasteiger partial charge is 1.00 e. The Morgan fingerprint density at radius 2 is 1.69 bits per heavy atom. The molecule has 39 heavy (non-hydrogen) atoms. The van der Waals surface area contributed by atoms with E-state index in [9.17, 15) is 34.6 Å². The van der Waals surface area contributed by atoms with E-state index in [-0.39, 0.29) is 62.9 Å². The standard InChI is InChI=1S/C20H22N4O11S3.Na/c1-12-10-16(17(34-3)11-18(12)36(26,27)9-8-35-38(31,32)33)21-22-19-13(2)23-24(20(19)25)14-4-6-15(7-5-14)37(28,29)30;/h4-7,10-11,19H,8-9H2,1-3H3,(H,28,29,30)(H,31,32,33);/q;+1/p-1. The monoisotopic (exact) mass is 612 g/mol. The van der Waals surface area contributed by atoms with E-state index in [1.165, 1.54) is 39.2 Å². The molecule has 15 nitrogen and oxygen atoms in total. The van der Waals surface area contributed by atoms with Gasteiger partial charge in [-0.15, -0.1) is 0 Å². The van der Waals surface area contributed by atoms with Gasteiger partial charge in [0, 0.05) is 6.07 Å². The van der Waals surface area contributed by atoms with Crippen LogP contribution in [0, 0.1) is 6.92 Å². The van der Waals surface area contributed by atoms with E-state index in [0.717, 1.165) is 23.2 Å². The van der Waals surface area contributed by atoms with Crippen LogP contribution >= 0.6 is 0 Å². The average Bonchev–Trinajstić information content (AvgIpc) is 3.09. The van der Waals surface area contributed by atoms with Crippen molar-refractivity contribution < 1.29 is 77.6 Å². The summed E-state index contributed by atoms with van der Waals surface area (Å²) in [7, 11) is -12.3. The zero-order valence-corrected chi connectivity index (χ0v) is 25.4.